The summed E-state index contributed by atoms with van der Waals surface area (Å²) >= 11 is 1.72. The molecular weight excluding hydrogens is 372 g/mol. The van der Waals surface area contributed by atoms with E-state index >= 15 is 0 Å². The van der Waals surface area contributed by atoms with E-state index in [1.807, 2.05) is 12.1 Å². The third-order valence-electron chi connectivity index (χ3n) is 4.39. The highest BCUT2D eigenvalue weighted by Crippen LogP contribution is 2.35. The van der Waals surface area contributed by atoms with Crippen molar-refractivity contribution in [1.29, 1.82) is 0 Å². The van der Waals surface area contributed by atoms with Gasteiger partial charge in [-0.05, 0) is 43.5 Å². The van der Waals surface area contributed by atoms with Crippen LogP contribution in [-0.2, 0) is 4.79 Å². The Morgan fingerprint density at radius 2 is 1.93 bits per heavy atom. The van der Waals surface area contributed by atoms with Gasteiger partial charge in [-0.25, -0.2) is 13.8 Å². The topological polar surface area (TPSA) is 59.4 Å². The molecule has 0 bridgehead atoms. The molecule has 1 saturated carbocycles. The summed E-state index contributed by atoms with van der Waals surface area (Å²) in [5.74, 6) is -3.11. The van der Waals surface area contributed by atoms with E-state index in [4.69, 9.17) is 9.84 Å². The zero-order chi connectivity index (χ0) is 19.2. The first kappa shape index (κ1) is 19.6. The van der Waals surface area contributed by atoms with Crippen LogP contribution in [0.2, 0.25) is 0 Å². The van der Waals surface area contributed by atoms with Crippen LogP contribution < -0.4 is 4.74 Å². The molecule has 1 N–H and O–H groups in total. The normalized spacial score (nSPS) is 14.4. The molecule has 7 heteroatoms. The average Bonchev–Trinajstić information content (AvgIpc) is 3.13. The summed E-state index contributed by atoms with van der Waals surface area (Å²) in [5, 5.41) is 10.00. The maximum Gasteiger partial charge on any atom is 0.303 e. The fourth-order valence-corrected chi connectivity index (χ4v) is 4.28. The quantitative estimate of drug-likeness (QED) is 0.616. The second-order valence-electron chi connectivity index (χ2n) is 6.50. The Hall–Kier alpha value is -2.15. The molecule has 0 spiro atoms. The lowest BCUT2D eigenvalue weighted by Gasteiger charge is -2.11. The van der Waals surface area contributed by atoms with Crippen LogP contribution in [0.3, 0.4) is 0 Å². The summed E-state index contributed by atoms with van der Waals surface area (Å²) in [6.07, 6.45) is 4.89. The Morgan fingerprint density at radius 1 is 1.22 bits per heavy atom. The number of halogens is 2. The molecule has 0 aliphatic heterocycles. The Kier molecular flexibility index (Phi) is 6.66. The third kappa shape index (κ3) is 5.42. The molecule has 0 unspecified atom stereocenters. The maximum atomic E-state index is 14.3. The number of carbonyl (C=O) groups is 1. The van der Waals surface area contributed by atoms with Gasteiger partial charge in [0.05, 0.1) is 17.3 Å². The number of thioether (sulfide) groups is 1. The Bertz CT molecular complexity index is 787. The van der Waals surface area contributed by atoms with Gasteiger partial charge in [0.2, 0.25) is 0 Å². The van der Waals surface area contributed by atoms with Crippen molar-refractivity contribution >= 4 is 17.7 Å². The highest BCUT2D eigenvalue weighted by molar-refractivity contribution is 7.99. The molecule has 4 nitrogen and oxygen atoms in total. The molecule has 1 heterocycles. The molecule has 1 fully saturated rings. The summed E-state index contributed by atoms with van der Waals surface area (Å²) in [4.78, 5) is 15.0. The van der Waals surface area contributed by atoms with E-state index in [1.165, 1.54) is 37.8 Å². The predicted molar refractivity (Wildman–Crippen MR) is 100 cm³/mol. The first-order chi connectivity index (χ1) is 13.0. The SMILES string of the molecule is O=C(O)CCCOc1c(F)cc(-c2cccc(SC3CCCC3)n2)cc1F. The van der Waals surface area contributed by atoms with Gasteiger partial charge in [-0.1, -0.05) is 18.9 Å². The van der Waals surface area contributed by atoms with E-state index < -0.39 is 23.4 Å². The highest BCUT2D eigenvalue weighted by Gasteiger charge is 2.18. The second kappa shape index (κ2) is 9.17. The minimum Gasteiger partial charge on any atom is -0.488 e. The van der Waals surface area contributed by atoms with Crippen LogP contribution in [0.1, 0.15) is 38.5 Å². The zero-order valence-electron chi connectivity index (χ0n) is 14.8. The van der Waals surface area contributed by atoms with Crippen LogP contribution in [-0.4, -0.2) is 27.9 Å². The van der Waals surface area contributed by atoms with Gasteiger partial charge < -0.3 is 9.84 Å². The van der Waals surface area contributed by atoms with E-state index in [2.05, 4.69) is 4.98 Å². The average molecular weight is 393 g/mol. The van der Waals surface area contributed by atoms with Gasteiger partial charge in [0.25, 0.3) is 0 Å². The molecule has 0 saturated heterocycles. The van der Waals surface area contributed by atoms with Crippen LogP contribution in [0, 0.1) is 11.6 Å². The summed E-state index contributed by atoms with van der Waals surface area (Å²) in [7, 11) is 0. The number of pyridine rings is 1. The van der Waals surface area contributed by atoms with Gasteiger partial charge in [-0.2, -0.15) is 0 Å². The van der Waals surface area contributed by atoms with Crippen molar-refractivity contribution in [3.05, 3.63) is 42.0 Å². The number of carboxylic acid groups (broad SMARTS) is 1. The number of benzene rings is 1. The molecule has 0 radical (unpaired) electrons. The van der Waals surface area contributed by atoms with Crippen molar-refractivity contribution in [2.24, 2.45) is 0 Å². The predicted octanol–water partition coefficient (Wildman–Crippen LogP) is 5.31. The maximum absolute atomic E-state index is 14.3. The number of ether oxygens (including phenoxy) is 1. The first-order valence-electron chi connectivity index (χ1n) is 9.00. The van der Waals surface area contributed by atoms with Crippen LogP contribution in [0.15, 0.2) is 35.4 Å². The van der Waals surface area contributed by atoms with Crippen molar-refractivity contribution < 1.29 is 23.4 Å². The van der Waals surface area contributed by atoms with Crippen molar-refractivity contribution in [3.63, 3.8) is 0 Å². The Balaban J connectivity index is 1.72. The lowest BCUT2D eigenvalue weighted by molar-refractivity contribution is -0.137. The molecule has 27 heavy (non-hydrogen) atoms. The Labute approximate surface area is 161 Å². The standard InChI is InChI=1S/C20H21F2NO3S/c21-15-11-13(12-16(22)20(15)26-10-4-9-19(24)25)17-7-3-8-18(23-17)27-14-5-1-2-6-14/h3,7-8,11-12,14H,1-2,4-6,9-10H2,(H,24,25). The molecule has 1 aromatic heterocycles. The minimum atomic E-state index is -0.976. The van der Waals surface area contributed by atoms with Crippen LogP contribution in [0.25, 0.3) is 11.3 Å². The molecule has 0 amide bonds. The lowest BCUT2D eigenvalue weighted by atomic mass is 10.1. The van der Waals surface area contributed by atoms with Crippen LogP contribution in [0.4, 0.5) is 8.78 Å². The highest BCUT2D eigenvalue weighted by atomic mass is 32.2. The molecular formula is C20H21F2NO3S. The molecule has 144 valence electrons. The summed E-state index contributed by atoms with van der Waals surface area (Å²) in [6.45, 7) is -0.0642. The molecule has 1 aromatic carbocycles. The second-order valence-corrected chi connectivity index (χ2v) is 7.82. The number of carboxylic acids is 1. The summed E-state index contributed by atoms with van der Waals surface area (Å²) in [5.41, 5.74) is 0.852. The van der Waals surface area contributed by atoms with Gasteiger partial charge >= 0.3 is 5.97 Å². The van der Waals surface area contributed by atoms with E-state index in [0.29, 0.717) is 16.5 Å². The van der Waals surface area contributed by atoms with Crippen LogP contribution >= 0.6 is 11.8 Å². The van der Waals surface area contributed by atoms with E-state index in [0.717, 1.165) is 5.03 Å². The minimum absolute atomic E-state index is 0.0642. The van der Waals surface area contributed by atoms with Crippen molar-refractivity contribution in [2.75, 3.05) is 6.61 Å². The van der Waals surface area contributed by atoms with E-state index in [-0.39, 0.29) is 19.4 Å². The monoisotopic (exact) mass is 393 g/mol. The van der Waals surface area contributed by atoms with Crippen LogP contribution in [0.5, 0.6) is 5.75 Å². The number of rotatable bonds is 8. The van der Waals surface area contributed by atoms with Gasteiger partial charge in [-0.3, -0.25) is 4.79 Å². The number of hydrogen-bond acceptors (Lipinski definition) is 4. The summed E-state index contributed by atoms with van der Waals surface area (Å²) in [6, 6.07) is 7.87. The van der Waals surface area contributed by atoms with Gasteiger partial charge in [0.1, 0.15) is 0 Å². The fraction of sp³-hybridized carbons (Fsp3) is 0.400. The van der Waals surface area contributed by atoms with Crippen molar-refractivity contribution in [1.82, 2.24) is 4.98 Å². The molecule has 2 aromatic rings. The molecule has 1 aliphatic carbocycles. The molecule has 0 atom stereocenters. The number of hydrogen-bond donors (Lipinski definition) is 1. The first-order valence-corrected chi connectivity index (χ1v) is 9.88. The molecule has 3 rings (SSSR count). The summed E-state index contributed by atoms with van der Waals surface area (Å²) < 4.78 is 33.7. The van der Waals surface area contributed by atoms with Gasteiger partial charge in [-0.15, -0.1) is 11.8 Å². The van der Waals surface area contributed by atoms with E-state index in [1.54, 1.807) is 17.8 Å². The number of aromatic nitrogens is 1. The largest absolute Gasteiger partial charge is 0.488 e. The number of nitrogens with zero attached hydrogens (tertiary/aromatic N) is 1. The van der Waals surface area contributed by atoms with Crippen molar-refractivity contribution in [2.45, 2.75) is 48.8 Å². The van der Waals surface area contributed by atoms with E-state index in [9.17, 15) is 13.6 Å². The molecule has 1 aliphatic rings. The Morgan fingerprint density at radius 3 is 2.59 bits per heavy atom. The fourth-order valence-electron chi connectivity index (χ4n) is 3.06. The van der Waals surface area contributed by atoms with Gasteiger partial charge in [0, 0.05) is 17.2 Å². The van der Waals surface area contributed by atoms with Gasteiger partial charge in [0.15, 0.2) is 17.4 Å². The number of aliphatic carboxylic acids is 1. The zero-order valence-corrected chi connectivity index (χ0v) is 15.6. The van der Waals surface area contributed by atoms with Crippen molar-refractivity contribution in [3.8, 4) is 17.0 Å². The lowest BCUT2D eigenvalue weighted by Crippen LogP contribution is -2.05. The third-order valence-corrected chi connectivity index (χ3v) is 5.66. The smallest absolute Gasteiger partial charge is 0.303 e.